The molecule has 1 fully saturated rings. The maximum atomic E-state index is 5.50. The van der Waals surface area contributed by atoms with Crippen molar-refractivity contribution in [3.63, 3.8) is 0 Å². The highest BCUT2D eigenvalue weighted by molar-refractivity contribution is 5.04. The molecule has 1 aliphatic rings. The molecule has 3 heterocycles. The van der Waals surface area contributed by atoms with Crippen LogP contribution in [0.1, 0.15) is 29.9 Å². The summed E-state index contributed by atoms with van der Waals surface area (Å²) < 4.78 is 12.7. The minimum atomic E-state index is 0.107. The van der Waals surface area contributed by atoms with Crippen molar-refractivity contribution < 1.29 is 9.26 Å². The highest BCUT2D eigenvalue weighted by atomic mass is 16.5. The normalized spacial score (nSPS) is 23.6. The van der Waals surface area contributed by atoms with Crippen LogP contribution in [0, 0.1) is 6.92 Å². The van der Waals surface area contributed by atoms with Crippen LogP contribution in [0.5, 0.6) is 0 Å². The minimum Gasteiger partial charge on any atom is -0.380 e. The van der Waals surface area contributed by atoms with E-state index in [0.717, 1.165) is 25.2 Å². The third-order valence-corrected chi connectivity index (χ3v) is 3.81. The zero-order valence-electron chi connectivity index (χ0n) is 12.0. The Kier molecular flexibility index (Phi) is 3.54. The predicted molar refractivity (Wildman–Crippen MR) is 70.8 cm³/mol. The summed E-state index contributed by atoms with van der Waals surface area (Å²) in [5, 5.41) is 8.10. The molecule has 0 aromatic carbocycles. The van der Waals surface area contributed by atoms with E-state index in [9.17, 15) is 0 Å². The first kappa shape index (κ1) is 13.3. The molecule has 108 valence electrons. The van der Waals surface area contributed by atoms with Gasteiger partial charge >= 0.3 is 0 Å². The summed E-state index contributed by atoms with van der Waals surface area (Å²) in [6, 6.07) is 2.13. The lowest BCUT2D eigenvalue weighted by atomic mass is 10.2. The van der Waals surface area contributed by atoms with Gasteiger partial charge in [0.15, 0.2) is 5.82 Å². The number of aromatic nitrogens is 4. The summed E-state index contributed by atoms with van der Waals surface area (Å²) in [5.41, 5.74) is 1.16. The summed E-state index contributed by atoms with van der Waals surface area (Å²) >= 11 is 0. The van der Waals surface area contributed by atoms with Gasteiger partial charge < -0.3 is 9.26 Å². The van der Waals surface area contributed by atoms with Gasteiger partial charge in [-0.1, -0.05) is 5.16 Å². The summed E-state index contributed by atoms with van der Waals surface area (Å²) in [5.74, 6) is 1.34. The molecule has 0 aliphatic carbocycles. The van der Waals surface area contributed by atoms with Gasteiger partial charge in [0.05, 0.1) is 17.8 Å². The van der Waals surface area contributed by atoms with E-state index >= 15 is 0 Å². The highest BCUT2D eigenvalue weighted by Crippen LogP contribution is 2.33. The van der Waals surface area contributed by atoms with Gasteiger partial charge in [-0.15, -0.1) is 0 Å². The van der Waals surface area contributed by atoms with E-state index in [1.54, 1.807) is 7.11 Å². The van der Waals surface area contributed by atoms with Crippen LogP contribution < -0.4 is 0 Å². The van der Waals surface area contributed by atoms with Crippen molar-refractivity contribution in [3.05, 3.63) is 29.7 Å². The van der Waals surface area contributed by atoms with Gasteiger partial charge in [0, 0.05) is 33.4 Å². The smallest absolute Gasteiger partial charge is 0.244 e. The average molecular weight is 277 g/mol. The Hall–Kier alpha value is -1.73. The largest absolute Gasteiger partial charge is 0.380 e. The summed E-state index contributed by atoms with van der Waals surface area (Å²) in [7, 11) is 3.69. The van der Waals surface area contributed by atoms with Gasteiger partial charge in [-0.05, 0) is 19.4 Å². The molecule has 7 heteroatoms. The topological polar surface area (TPSA) is 69.2 Å². The predicted octanol–water partition coefficient (Wildman–Crippen LogP) is 1.07. The Morgan fingerprint density at radius 2 is 2.35 bits per heavy atom. The molecule has 0 N–H and O–H groups in total. The number of hydrogen-bond donors (Lipinski definition) is 0. The van der Waals surface area contributed by atoms with Crippen LogP contribution in [0.15, 0.2) is 16.8 Å². The van der Waals surface area contributed by atoms with Gasteiger partial charge in [0.1, 0.15) is 0 Å². The fraction of sp³-hybridized carbons (Fsp3) is 0.615. The molecule has 3 rings (SSSR count). The Labute approximate surface area is 117 Å². The lowest BCUT2D eigenvalue weighted by Gasteiger charge is -2.21. The van der Waals surface area contributed by atoms with Crippen LogP contribution in [0.2, 0.25) is 0 Å². The second-order valence-corrected chi connectivity index (χ2v) is 5.16. The van der Waals surface area contributed by atoms with Gasteiger partial charge in [0.25, 0.3) is 0 Å². The Morgan fingerprint density at radius 3 is 2.95 bits per heavy atom. The molecular formula is C13H19N5O2. The third-order valence-electron chi connectivity index (χ3n) is 3.81. The minimum absolute atomic E-state index is 0.107. The van der Waals surface area contributed by atoms with Crippen LogP contribution in [0.4, 0.5) is 0 Å². The van der Waals surface area contributed by atoms with Crippen molar-refractivity contribution in [3.8, 4) is 0 Å². The van der Waals surface area contributed by atoms with Gasteiger partial charge in [-0.2, -0.15) is 10.1 Å². The van der Waals surface area contributed by atoms with Crippen LogP contribution in [0.3, 0.4) is 0 Å². The van der Waals surface area contributed by atoms with E-state index in [2.05, 4.69) is 20.1 Å². The second kappa shape index (κ2) is 5.34. The first-order chi connectivity index (χ1) is 9.67. The zero-order chi connectivity index (χ0) is 14.1. The Morgan fingerprint density at radius 1 is 1.50 bits per heavy atom. The SMILES string of the molecule is CO[C@@H]1C[C@H](c2nc(C)no2)N(Cc2ccnn2C)C1. The van der Waals surface area contributed by atoms with Crippen LogP contribution in [0.25, 0.3) is 0 Å². The number of aryl methyl sites for hydroxylation is 2. The monoisotopic (exact) mass is 277 g/mol. The molecule has 0 spiro atoms. The fourth-order valence-corrected chi connectivity index (χ4v) is 2.68. The molecule has 0 saturated carbocycles. The van der Waals surface area contributed by atoms with E-state index in [0.29, 0.717) is 11.7 Å². The van der Waals surface area contributed by atoms with E-state index in [4.69, 9.17) is 9.26 Å². The molecule has 2 aromatic heterocycles. The molecule has 2 atom stereocenters. The standard InChI is InChI=1S/C13H19N5O2/c1-9-15-13(20-16-9)12-6-11(19-3)8-18(12)7-10-4-5-14-17(10)2/h4-5,11-12H,6-8H2,1-3H3/t11-,12-/m1/s1. The number of likely N-dealkylation sites (tertiary alicyclic amines) is 1. The first-order valence-electron chi connectivity index (χ1n) is 6.71. The van der Waals surface area contributed by atoms with Crippen molar-refractivity contribution in [2.45, 2.75) is 32.0 Å². The fourth-order valence-electron chi connectivity index (χ4n) is 2.68. The highest BCUT2D eigenvalue weighted by Gasteiger charge is 2.36. The Balaban J connectivity index is 1.81. The van der Waals surface area contributed by atoms with Gasteiger partial charge in [-0.25, -0.2) is 0 Å². The summed E-state index contributed by atoms with van der Waals surface area (Å²) in [6.45, 7) is 3.48. The quantitative estimate of drug-likeness (QED) is 0.832. The lowest BCUT2D eigenvalue weighted by molar-refractivity contribution is 0.107. The lowest BCUT2D eigenvalue weighted by Crippen LogP contribution is -2.26. The van der Waals surface area contributed by atoms with Crippen LogP contribution in [-0.4, -0.2) is 44.6 Å². The molecule has 7 nitrogen and oxygen atoms in total. The summed E-state index contributed by atoms with van der Waals surface area (Å²) in [4.78, 5) is 6.67. The maximum absolute atomic E-state index is 5.50. The van der Waals surface area contributed by atoms with E-state index < -0.39 is 0 Å². The van der Waals surface area contributed by atoms with Crippen molar-refractivity contribution in [2.75, 3.05) is 13.7 Å². The molecule has 0 bridgehead atoms. The van der Waals surface area contributed by atoms with Crippen LogP contribution in [-0.2, 0) is 18.3 Å². The molecule has 20 heavy (non-hydrogen) atoms. The van der Waals surface area contributed by atoms with Crippen molar-refractivity contribution in [1.82, 2.24) is 24.8 Å². The van der Waals surface area contributed by atoms with Crippen LogP contribution >= 0.6 is 0 Å². The van der Waals surface area contributed by atoms with Gasteiger partial charge in [0.2, 0.25) is 5.89 Å². The van der Waals surface area contributed by atoms with E-state index in [-0.39, 0.29) is 12.1 Å². The molecule has 1 saturated heterocycles. The third kappa shape index (κ3) is 2.46. The van der Waals surface area contributed by atoms with E-state index in [1.165, 1.54) is 0 Å². The number of hydrogen-bond acceptors (Lipinski definition) is 6. The molecular weight excluding hydrogens is 258 g/mol. The van der Waals surface area contributed by atoms with E-state index in [1.807, 2.05) is 30.9 Å². The van der Waals surface area contributed by atoms with Gasteiger partial charge in [-0.3, -0.25) is 9.58 Å². The molecule has 2 aromatic rings. The second-order valence-electron chi connectivity index (χ2n) is 5.16. The van der Waals surface area contributed by atoms with Crippen molar-refractivity contribution >= 4 is 0 Å². The molecule has 1 aliphatic heterocycles. The summed E-state index contributed by atoms with van der Waals surface area (Å²) in [6.07, 6.45) is 2.88. The average Bonchev–Trinajstić information content (AvgIpc) is 3.12. The molecule has 0 radical (unpaired) electrons. The number of rotatable bonds is 4. The molecule has 0 unspecified atom stereocenters. The maximum Gasteiger partial charge on any atom is 0.244 e. The zero-order valence-corrected chi connectivity index (χ0v) is 12.0. The number of ether oxygens (including phenoxy) is 1. The Bertz CT molecular complexity index is 579. The number of nitrogens with zero attached hydrogens (tertiary/aromatic N) is 5. The first-order valence-corrected chi connectivity index (χ1v) is 6.71. The number of methoxy groups -OCH3 is 1. The van der Waals surface area contributed by atoms with Crippen molar-refractivity contribution in [2.24, 2.45) is 7.05 Å². The van der Waals surface area contributed by atoms with Crippen molar-refractivity contribution in [1.29, 1.82) is 0 Å². The molecule has 0 amide bonds.